The Morgan fingerprint density at radius 3 is 3.00 bits per heavy atom. The van der Waals surface area contributed by atoms with E-state index in [0.717, 1.165) is 12.5 Å². The van der Waals surface area contributed by atoms with Gasteiger partial charge in [-0.15, -0.1) is 0 Å². The predicted octanol–water partition coefficient (Wildman–Crippen LogP) is 3.54. The highest BCUT2D eigenvalue weighted by atomic mass is 15.2. The summed E-state index contributed by atoms with van der Waals surface area (Å²) in [5.41, 5.74) is 8.15. The van der Waals surface area contributed by atoms with Crippen LogP contribution in [0.4, 0.5) is 0 Å². The van der Waals surface area contributed by atoms with Crippen LogP contribution in [0.3, 0.4) is 0 Å². The molecule has 1 unspecified atom stereocenters. The quantitative estimate of drug-likeness (QED) is 0.790. The predicted molar refractivity (Wildman–Crippen MR) is 113 cm³/mol. The van der Waals surface area contributed by atoms with Gasteiger partial charge in [0.15, 0.2) is 0 Å². The molecule has 3 aliphatic heterocycles. The second kappa shape index (κ2) is 8.21. The minimum atomic E-state index is 0.670. The molecule has 3 heteroatoms. The monoisotopic (exact) mass is 350 g/mol. The van der Waals surface area contributed by atoms with E-state index in [1.807, 2.05) is 0 Å². The Bertz CT molecular complexity index is 642. The minimum absolute atomic E-state index is 0.670. The van der Waals surface area contributed by atoms with E-state index in [0.29, 0.717) is 5.92 Å². The van der Waals surface area contributed by atoms with E-state index in [4.69, 9.17) is 0 Å². The van der Waals surface area contributed by atoms with Crippen molar-refractivity contribution in [2.75, 3.05) is 26.2 Å². The summed E-state index contributed by atoms with van der Waals surface area (Å²) in [7, 11) is 1.39. The molecule has 1 N–H and O–H groups in total. The molecule has 0 aliphatic carbocycles. The maximum absolute atomic E-state index is 4.43. The van der Waals surface area contributed by atoms with E-state index >= 15 is 0 Å². The number of benzene rings is 1. The van der Waals surface area contributed by atoms with Crippen molar-refractivity contribution in [3.8, 4) is 0 Å². The van der Waals surface area contributed by atoms with Gasteiger partial charge in [0.1, 0.15) is 7.28 Å². The zero-order chi connectivity index (χ0) is 17.9. The van der Waals surface area contributed by atoms with Gasteiger partial charge in [-0.25, -0.2) is 0 Å². The van der Waals surface area contributed by atoms with Crippen LogP contribution in [0.5, 0.6) is 0 Å². The Hall–Kier alpha value is -1.22. The van der Waals surface area contributed by atoms with Crippen LogP contribution in [-0.2, 0) is 25.6 Å². The fourth-order valence-corrected chi connectivity index (χ4v) is 5.34. The van der Waals surface area contributed by atoms with Crippen LogP contribution in [0, 0.1) is 11.8 Å². The zero-order valence-electron chi connectivity index (χ0n) is 16.7. The summed E-state index contributed by atoms with van der Waals surface area (Å²) in [4.78, 5) is 2.56. The molecular formula is C23H35BN2. The molecule has 4 rings (SSSR count). The van der Waals surface area contributed by atoms with Crippen molar-refractivity contribution < 1.29 is 0 Å². The number of likely N-dealkylation sites (tertiary alicyclic amines) is 1. The highest BCUT2D eigenvalue weighted by Crippen LogP contribution is 2.32. The molecule has 3 heterocycles. The van der Waals surface area contributed by atoms with Crippen LogP contribution >= 0.6 is 0 Å². The summed E-state index contributed by atoms with van der Waals surface area (Å²) in [5.74, 6) is 1.49. The lowest BCUT2D eigenvalue weighted by atomic mass is 9.61. The third kappa shape index (κ3) is 3.74. The van der Waals surface area contributed by atoms with Gasteiger partial charge in [-0.2, -0.15) is 0 Å². The van der Waals surface area contributed by atoms with Gasteiger partial charge in [-0.1, -0.05) is 44.7 Å². The van der Waals surface area contributed by atoms with Gasteiger partial charge in [-0.3, -0.25) is 0 Å². The van der Waals surface area contributed by atoms with Crippen LogP contribution in [-0.4, -0.2) is 38.4 Å². The molecule has 3 aliphatic rings. The van der Waals surface area contributed by atoms with Gasteiger partial charge in [0, 0.05) is 31.2 Å². The van der Waals surface area contributed by atoms with Gasteiger partial charge < -0.3 is 10.2 Å². The van der Waals surface area contributed by atoms with E-state index in [-0.39, 0.29) is 0 Å². The third-order valence-corrected chi connectivity index (χ3v) is 6.89. The summed E-state index contributed by atoms with van der Waals surface area (Å²) in [6.45, 7) is 11.5. The lowest BCUT2D eigenvalue weighted by molar-refractivity contribution is 0.122. The zero-order valence-corrected chi connectivity index (χ0v) is 16.7. The third-order valence-electron chi connectivity index (χ3n) is 6.89. The van der Waals surface area contributed by atoms with Crippen LogP contribution in [0.1, 0.15) is 48.4 Å². The van der Waals surface area contributed by atoms with Crippen molar-refractivity contribution in [1.29, 1.82) is 0 Å². The molecule has 2 fully saturated rings. The van der Waals surface area contributed by atoms with Gasteiger partial charge in [0.25, 0.3) is 0 Å². The average molecular weight is 350 g/mol. The molecule has 2 saturated heterocycles. The van der Waals surface area contributed by atoms with Crippen molar-refractivity contribution in [2.45, 2.75) is 58.1 Å². The van der Waals surface area contributed by atoms with E-state index in [2.05, 4.69) is 35.9 Å². The van der Waals surface area contributed by atoms with E-state index in [1.54, 1.807) is 22.3 Å². The molecule has 26 heavy (non-hydrogen) atoms. The SMILES string of the molecule is C=C(C1CCCNC1)N1CC(Cc2ccc3c(c2CCC)CBCC3)C1. The average Bonchev–Trinajstić information content (AvgIpc) is 2.66. The highest BCUT2D eigenvalue weighted by Gasteiger charge is 2.31. The number of rotatable bonds is 6. The topological polar surface area (TPSA) is 15.3 Å². The molecule has 1 aromatic rings. The Morgan fingerprint density at radius 1 is 1.35 bits per heavy atom. The van der Waals surface area contributed by atoms with Gasteiger partial charge in [0.05, 0.1) is 0 Å². The maximum atomic E-state index is 4.43. The smallest absolute Gasteiger partial charge is 0.126 e. The van der Waals surface area contributed by atoms with Crippen LogP contribution < -0.4 is 5.32 Å². The van der Waals surface area contributed by atoms with Crippen LogP contribution in [0.25, 0.3) is 0 Å². The highest BCUT2D eigenvalue weighted by molar-refractivity contribution is 6.35. The number of nitrogens with zero attached hydrogens (tertiary/aromatic N) is 1. The molecule has 2 nitrogen and oxygen atoms in total. The van der Waals surface area contributed by atoms with Crippen LogP contribution in [0.2, 0.25) is 6.32 Å². The summed E-state index contributed by atoms with van der Waals surface area (Å²) in [6, 6.07) is 4.92. The maximum Gasteiger partial charge on any atom is 0.126 e. The first-order valence-electron chi connectivity index (χ1n) is 11.0. The van der Waals surface area contributed by atoms with Crippen molar-refractivity contribution in [1.82, 2.24) is 10.2 Å². The number of piperidine rings is 1. The molecule has 0 amide bonds. The molecule has 0 bridgehead atoms. The van der Waals surface area contributed by atoms with Gasteiger partial charge in [0.2, 0.25) is 0 Å². The van der Waals surface area contributed by atoms with E-state index < -0.39 is 0 Å². The molecular weight excluding hydrogens is 315 g/mol. The molecule has 0 saturated carbocycles. The molecule has 0 aromatic heterocycles. The van der Waals surface area contributed by atoms with Gasteiger partial charge >= 0.3 is 0 Å². The standard InChI is InChI=1S/C23H35BN2/c1-3-5-22-20(8-7-19-9-10-24-13-23(19)22)12-18-15-26(16-18)17(2)21-6-4-11-25-14-21/h7-8,18,21,24-25H,2-6,9-16H2,1H3. The van der Waals surface area contributed by atoms with Crippen molar-refractivity contribution in [3.05, 3.63) is 46.7 Å². The molecule has 0 radical (unpaired) electrons. The first-order valence-corrected chi connectivity index (χ1v) is 11.0. The first-order chi connectivity index (χ1) is 12.8. The summed E-state index contributed by atoms with van der Waals surface area (Å²) < 4.78 is 0. The van der Waals surface area contributed by atoms with Crippen molar-refractivity contribution in [3.63, 3.8) is 0 Å². The Kier molecular flexibility index (Phi) is 5.73. The van der Waals surface area contributed by atoms with Crippen molar-refractivity contribution in [2.24, 2.45) is 11.8 Å². The lowest BCUT2D eigenvalue weighted by Crippen LogP contribution is -2.49. The normalized spacial score (nSPS) is 23.1. The molecule has 1 atom stereocenters. The fraction of sp³-hybridized carbons (Fsp3) is 0.652. The Morgan fingerprint density at radius 2 is 2.23 bits per heavy atom. The minimum Gasteiger partial charge on any atom is -0.374 e. The number of hydrogen-bond donors (Lipinski definition) is 1. The number of hydrogen-bond acceptors (Lipinski definition) is 2. The van der Waals surface area contributed by atoms with Crippen LogP contribution in [0.15, 0.2) is 24.4 Å². The molecule has 1 aromatic carbocycles. The summed E-state index contributed by atoms with van der Waals surface area (Å²) >= 11 is 0. The first kappa shape index (κ1) is 18.2. The summed E-state index contributed by atoms with van der Waals surface area (Å²) in [5, 5.41) is 3.53. The molecule has 140 valence electrons. The second-order valence-electron chi connectivity index (χ2n) is 8.81. The largest absolute Gasteiger partial charge is 0.374 e. The van der Waals surface area contributed by atoms with Gasteiger partial charge in [-0.05, 0) is 66.8 Å². The van der Waals surface area contributed by atoms with E-state index in [9.17, 15) is 0 Å². The fourth-order valence-electron chi connectivity index (χ4n) is 5.34. The number of nitrogens with one attached hydrogen (secondary N) is 1. The number of aryl methyl sites for hydroxylation is 1. The summed E-state index contributed by atoms with van der Waals surface area (Å²) in [6.07, 6.45) is 10.4. The Balaban J connectivity index is 1.38. The van der Waals surface area contributed by atoms with E-state index in [1.165, 1.54) is 83.8 Å². The lowest BCUT2D eigenvalue weighted by Gasteiger charge is -2.45. The molecule has 0 spiro atoms. The van der Waals surface area contributed by atoms with Crippen molar-refractivity contribution >= 4 is 7.28 Å². The Labute approximate surface area is 160 Å². The second-order valence-corrected chi connectivity index (χ2v) is 8.81. The number of fused-ring (bicyclic) bond motifs is 1.